The molecule has 1 aliphatic rings. The van der Waals surface area contributed by atoms with E-state index in [0.29, 0.717) is 6.04 Å². The Morgan fingerprint density at radius 1 is 1.47 bits per heavy atom. The lowest BCUT2D eigenvalue weighted by Gasteiger charge is -2.08. The summed E-state index contributed by atoms with van der Waals surface area (Å²) >= 11 is 0. The molecule has 1 aromatic carbocycles. The Kier molecular flexibility index (Phi) is 2.90. The molecule has 1 aromatic rings. The van der Waals surface area contributed by atoms with Crippen LogP contribution in [0.3, 0.4) is 0 Å². The number of carbonyl (C=O) groups is 1. The Morgan fingerprint density at radius 3 is 2.87 bits per heavy atom. The maximum Gasteiger partial charge on any atom is 0.258 e. The van der Waals surface area contributed by atoms with Gasteiger partial charge in [0.15, 0.2) is 6.61 Å². The fourth-order valence-electron chi connectivity index (χ4n) is 1.36. The van der Waals surface area contributed by atoms with Crippen molar-refractivity contribution in [3.05, 3.63) is 29.8 Å². The number of ether oxygens (including phenoxy) is 1. The molecule has 2 rings (SSSR count). The average Bonchev–Trinajstić information content (AvgIpc) is 3.00. The summed E-state index contributed by atoms with van der Waals surface area (Å²) in [6.45, 7) is 2.08. The van der Waals surface area contributed by atoms with Gasteiger partial charge in [0.05, 0.1) is 0 Å². The van der Waals surface area contributed by atoms with E-state index in [1.54, 1.807) is 0 Å². The highest BCUT2D eigenvalue weighted by Crippen LogP contribution is 2.19. The van der Waals surface area contributed by atoms with Crippen LogP contribution in [0.1, 0.15) is 18.4 Å². The van der Waals surface area contributed by atoms with Gasteiger partial charge in [-0.1, -0.05) is 18.2 Å². The van der Waals surface area contributed by atoms with Crippen LogP contribution in [-0.4, -0.2) is 18.6 Å². The van der Waals surface area contributed by atoms with Crippen molar-refractivity contribution in [2.75, 3.05) is 6.61 Å². The molecule has 15 heavy (non-hydrogen) atoms. The van der Waals surface area contributed by atoms with Crippen molar-refractivity contribution in [2.24, 2.45) is 0 Å². The van der Waals surface area contributed by atoms with Gasteiger partial charge in [-0.15, -0.1) is 0 Å². The molecular weight excluding hydrogens is 190 g/mol. The molecule has 0 atom stereocenters. The van der Waals surface area contributed by atoms with E-state index < -0.39 is 0 Å². The van der Waals surface area contributed by atoms with Gasteiger partial charge in [-0.25, -0.2) is 0 Å². The predicted molar refractivity (Wildman–Crippen MR) is 57.8 cm³/mol. The number of para-hydroxylation sites is 1. The molecule has 0 heterocycles. The first-order chi connectivity index (χ1) is 7.25. The number of amides is 1. The van der Waals surface area contributed by atoms with Crippen LogP contribution in [-0.2, 0) is 4.79 Å². The van der Waals surface area contributed by atoms with Crippen LogP contribution in [0, 0.1) is 6.92 Å². The highest BCUT2D eigenvalue weighted by Gasteiger charge is 2.23. The lowest BCUT2D eigenvalue weighted by Crippen LogP contribution is -2.30. The summed E-state index contributed by atoms with van der Waals surface area (Å²) in [6, 6.07) is 8.10. The molecular formula is C12H15NO2. The van der Waals surface area contributed by atoms with E-state index >= 15 is 0 Å². The SMILES string of the molecule is Cc1ccccc1OCC(=O)NC1CC1. The van der Waals surface area contributed by atoms with E-state index in [9.17, 15) is 4.79 Å². The van der Waals surface area contributed by atoms with Crippen LogP contribution < -0.4 is 10.1 Å². The van der Waals surface area contributed by atoms with Gasteiger partial charge in [0, 0.05) is 6.04 Å². The molecule has 0 aromatic heterocycles. The van der Waals surface area contributed by atoms with E-state index in [0.717, 1.165) is 24.2 Å². The number of hydrogen-bond donors (Lipinski definition) is 1. The third kappa shape index (κ3) is 2.98. The zero-order chi connectivity index (χ0) is 10.7. The van der Waals surface area contributed by atoms with Crippen LogP contribution in [0.25, 0.3) is 0 Å². The number of nitrogens with one attached hydrogen (secondary N) is 1. The molecule has 0 radical (unpaired) electrons. The molecule has 0 bridgehead atoms. The first-order valence-corrected chi connectivity index (χ1v) is 5.23. The molecule has 0 unspecified atom stereocenters. The molecule has 1 amide bonds. The topological polar surface area (TPSA) is 38.3 Å². The Bertz CT molecular complexity index is 358. The summed E-state index contributed by atoms with van der Waals surface area (Å²) in [6.07, 6.45) is 2.21. The van der Waals surface area contributed by atoms with Gasteiger partial charge in [0.2, 0.25) is 0 Å². The largest absolute Gasteiger partial charge is 0.484 e. The van der Waals surface area contributed by atoms with Crippen LogP contribution in [0.2, 0.25) is 0 Å². The molecule has 1 saturated carbocycles. The lowest BCUT2D eigenvalue weighted by molar-refractivity contribution is -0.123. The molecule has 80 valence electrons. The number of aryl methyl sites for hydroxylation is 1. The molecule has 1 fully saturated rings. The zero-order valence-corrected chi connectivity index (χ0v) is 8.82. The van der Waals surface area contributed by atoms with E-state index in [4.69, 9.17) is 4.74 Å². The predicted octanol–water partition coefficient (Wildman–Crippen LogP) is 1.65. The van der Waals surface area contributed by atoms with Crippen molar-refractivity contribution in [3.63, 3.8) is 0 Å². The molecule has 1 N–H and O–H groups in total. The van der Waals surface area contributed by atoms with Gasteiger partial charge < -0.3 is 10.1 Å². The summed E-state index contributed by atoms with van der Waals surface area (Å²) in [5.74, 6) is 0.754. The first kappa shape index (κ1) is 10.0. The van der Waals surface area contributed by atoms with Gasteiger partial charge in [-0.3, -0.25) is 4.79 Å². The number of hydrogen-bond acceptors (Lipinski definition) is 2. The van der Waals surface area contributed by atoms with Crippen molar-refractivity contribution in [3.8, 4) is 5.75 Å². The summed E-state index contributed by atoms with van der Waals surface area (Å²) in [7, 11) is 0. The molecule has 3 heteroatoms. The van der Waals surface area contributed by atoms with Crippen molar-refractivity contribution in [1.82, 2.24) is 5.32 Å². The van der Waals surface area contributed by atoms with E-state index in [1.807, 2.05) is 31.2 Å². The second-order valence-electron chi connectivity index (χ2n) is 3.90. The van der Waals surface area contributed by atoms with Gasteiger partial charge in [0.25, 0.3) is 5.91 Å². The summed E-state index contributed by atoms with van der Waals surface area (Å²) in [4.78, 5) is 11.3. The first-order valence-electron chi connectivity index (χ1n) is 5.23. The van der Waals surface area contributed by atoms with Crippen LogP contribution in [0.15, 0.2) is 24.3 Å². The second kappa shape index (κ2) is 4.34. The Balaban J connectivity index is 1.81. The minimum Gasteiger partial charge on any atom is -0.484 e. The third-order valence-corrected chi connectivity index (χ3v) is 2.39. The number of carbonyl (C=O) groups excluding carboxylic acids is 1. The normalized spacial score (nSPS) is 14.7. The highest BCUT2D eigenvalue weighted by atomic mass is 16.5. The maximum absolute atomic E-state index is 11.3. The van der Waals surface area contributed by atoms with Gasteiger partial charge in [0.1, 0.15) is 5.75 Å². The quantitative estimate of drug-likeness (QED) is 0.811. The Hall–Kier alpha value is -1.51. The highest BCUT2D eigenvalue weighted by molar-refractivity contribution is 5.78. The summed E-state index contributed by atoms with van der Waals surface area (Å²) in [5, 5.41) is 2.88. The van der Waals surface area contributed by atoms with Crippen LogP contribution >= 0.6 is 0 Å². The van der Waals surface area contributed by atoms with Crippen molar-refractivity contribution in [1.29, 1.82) is 0 Å². The molecule has 0 aliphatic heterocycles. The standard InChI is InChI=1S/C12H15NO2/c1-9-4-2-3-5-11(9)15-8-12(14)13-10-6-7-10/h2-5,10H,6-8H2,1H3,(H,13,14). The van der Waals surface area contributed by atoms with E-state index in [2.05, 4.69) is 5.32 Å². The average molecular weight is 205 g/mol. The van der Waals surface area contributed by atoms with Gasteiger partial charge in [-0.2, -0.15) is 0 Å². The number of benzene rings is 1. The van der Waals surface area contributed by atoms with Crippen molar-refractivity contribution < 1.29 is 9.53 Å². The monoisotopic (exact) mass is 205 g/mol. The minimum absolute atomic E-state index is 0.0271. The Labute approximate surface area is 89.4 Å². The maximum atomic E-state index is 11.3. The smallest absolute Gasteiger partial charge is 0.258 e. The fourth-order valence-corrected chi connectivity index (χ4v) is 1.36. The second-order valence-corrected chi connectivity index (χ2v) is 3.90. The zero-order valence-electron chi connectivity index (χ0n) is 8.82. The molecule has 0 saturated heterocycles. The van der Waals surface area contributed by atoms with E-state index in [1.165, 1.54) is 0 Å². The van der Waals surface area contributed by atoms with Crippen molar-refractivity contribution >= 4 is 5.91 Å². The summed E-state index contributed by atoms with van der Waals surface area (Å²) in [5.41, 5.74) is 1.05. The van der Waals surface area contributed by atoms with Crippen LogP contribution in [0.4, 0.5) is 0 Å². The number of rotatable bonds is 4. The molecule has 3 nitrogen and oxygen atoms in total. The molecule has 1 aliphatic carbocycles. The third-order valence-electron chi connectivity index (χ3n) is 2.39. The Morgan fingerprint density at radius 2 is 2.20 bits per heavy atom. The molecule has 0 spiro atoms. The fraction of sp³-hybridized carbons (Fsp3) is 0.417. The van der Waals surface area contributed by atoms with Crippen LogP contribution in [0.5, 0.6) is 5.75 Å². The van der Waals surface area contributed by atoms with E-state index in [-0.39, 0.29) is 12.5 Å². The lowest BCUT2D eigenvalue weighted by atomic mass is 10.2. The van der Waals surface area contributed by atoms with Crippen molar-refractivity contribution in [2.45, 2.75) is 25.8 Å². The summed E-state index contributed by atoms with van der Waals surface area (Å²) < 4.78 is 5.42. The van der Waals surface area contributed by atoms with Gasteiger partial charge in [-0.05, 0) is 31.4 Å². The van der Waals surface area contributed by atoms with Gasteiger partial charge >= 0.3 is 0 Å². The minimum atomic E-state index is -0.0271.